The van der Waals surface area contributed by atoms with Crippen LogP contribution < -0.4 is 5.73 Å². The topological polar surface area (TPSA) is 43.8 Å². The lowest BCUT2D eigenvalue weighted by atomic mass is 9.98. The van der Waals surface area contributed by atoms with E-state index in [0.29, 0.717) is 6.42 Å². The summed E-state index contributed by atoms with van der Waals surface area (Å²) in [6.45, 7) is 6.89. The fourth-order valence-corrected chi connectivity index (χ4v) is 3.08. The molecule has 2 N–H and O–H groups in total. The predicted molar refractivity (Wildman–Crippen MR) is 89.1 cm³/mol. The zero-order valence-corrected chi connectivity index (χ0v) is 14.2. The van der Waals surface area contributed by atoms with Crippen LogP contribution in [0.1, 0.15) is 42.4 Å². The number of nitrogens with two attached hydrogens (primary N) is 1. The van der Waals surface area contributed by atoms with Crippen molar-refractivity contribution in [2.45, 2.75) is 46.2 Å². The van der Waals surface area contributed by atoms with E-state index in [-0.39, 0.29) is 6.04 Å². The molecule has 1 heterocycles. The molecular formula is C16H21Cl2N3. The Kier molecular flexibility index (Phi) is 5.31. The minimum Gasteiger partial charge on any atom is -0.324 e. The van der Waals surface area contributed by atoms with Gasteiger partial charge in [0.15, 0.2) is 0 Å². The van der Waals surface area contributed by atoms with E-state index in [0.717, 1.165) is 45.5 Å². The average Bonchev–Trinajstić information content (AvgIpc) is 2.78. The molecule has 1 unspecified atom stereocenters. The first-order valence-corrected chi connectivity index (χ1v) is 7.99. The molecule has 2 aromatic rings. The van der Waals surface area contributed by atoms with Gasteiger partial charge in [-0.1, -0.05) is 42.3 Å². The molecule has 1 aromatic heterocycles. The van der Waals surface area contributed by atoms with Crippen LogP contribution in [0.4, 0.5) is 0 Å². The number of halogens is 2. The summed E-state index contributed by atoms with van der Waals surface area (Å²) in [7, 11) is 0. The van der Waals surface area contributed by atoms with Crippen LogP contribution in [0.3, 0.4) is 0 Å². The van der Waals surface area contributed by atoms with Crippen molar-refractivity contribution < 1.29 is 0 Å². The number of aryl methyl sites for hydroxylation is 2. The molecule has 2 rings (SSSR count). The largest absolute Gasteiger partial charge is 0.324 e. The van der Waals surface area contributed by atoms with E-state index in [1.807, 2.05) is 29.8 Å². The van der Waals surface area contributed by atoms with Gasteiger partial charge in [0.1, 0.15) is 0 Å². The van der Waals surface area contributed by atoms with Gasteiger partial charge < -0.3 is 5.73 Å². The zero-order valence-electron chi connectivity index (χ0n) is 12.7. The van der Waals surface area contributed by atoms with Crippen molar-refractivity contribution in [2.75, 3.05) is 0 Å². The second kappa shape index (κ2) is 6.82. The molecule has 0 saturated carbocycles. The molecule has 0 saturated heterocycles. The van der Waals surface area contributed by atoms with Gasteiger partial charge in [-0.15, -0.1) is 0 Å². The van der Waals surface area contributed by atoms with Crippen LogP contribution in [0.15, 0.2) is 18.2 Å². The molecule has 3 nitrogen and oxygen atoms in total. The first kappa shape index (κ1) is 16.3. The molecule has 0 bridgehead atoms. The van der Waals surface area contributed by atoms with Gasteiger partial charge in [-0.25, -0.2) is 0 Å². The number of nitrogens with zero attached hydrogens (tertiary/aromatic N) is 2. The Morgan fingerprint density at radius 1 is 1.29 bits per heavy atom. The van der Waals surface area contributed by atoms with E-state index in [1.54, 1.807) is 0 Å². The van der Waals surface area contributed by atoms with Crippen molar-refractivity contribution in [2.24, 2.45) is 5.73 Å². The van der Waals surface area contributed by atoms with E-state index in [2.05, 4.69) is 18.9 Å². The van der Waals surface area contributed by atoms with E-state index in [9.17, 15) is 0 Å². The average molecular weight is 326 g/mol. The zero-order chi connectivity index (χ0) is 15.6. The quantitative estimate of drug-likeness (QED) is 0.889. The lowest BCUT2D eigenvalue weighted by molar-refractivity contribution is 0.584. The van der Waals surface area contributed by atoms with Crippen LogP contribution >= 0.6 is 23.2 Å². The van der Waals surface area contributed by atoms with Crippen LogP contribution in [0.25, 0.3) is 0 Å². The maximum Gasteiger partial charge on any atom is 0.0850 e. The van der Waals surface area contributed by atoms with E-state index in [4.69, 9.17) is 28.9 Å². The third kappa shape index (κ3) is 3.25. The predicted octanol–water partition coefficient (Wildman–Crippen LogP) is 4.32. The Bertz CT molecular complexity index is 635. The van der Waals surface area contributed by atoms with Crippen molar-refractivity contribution in [3.05, 3.63) is 50.8 Å². The first-order chi connectivity index (χ1) is 9.99. The van der Waals surface area contributed by atoms with Gasteiger partial charge in [0.05, 0.1) is 16.4 Å². The van der Waals surface area contributed by atoms with Gasteiger partial charge in [0, 0.05) is 24.0 Å². The SMILES string of the molecule is CCc1nn(CC)c(CC(N)c2cccc(Cl)c2C)c1Cl. The number of hydrogen-bond acceptors (Lipinski definition) is 2. The van der Waals surface area contributed by atoms with Crippen LogP contribution in [0.2, 0.25) is 10.0 Å². The van der Waals surface area contributed by atoms with Gasteiger partial charge in [-0.2, -0.15) is 5.10 Å². The van der Waals surface area contributed by atoms with Crippen molar-refractivity contribution >= 4 is 23.2 Å². The summed E-state index contributed by atoms with van der Waals surface area (Å²) in [6, 6.07) is 5.69. The van der Waals surface area contributed by atoms with Gasteiger partial charge in [0.25, 0.3) is 0 Å². The minimum absolute atomic E-state index is 0.145. The molecular weight excluding hydrogens is 305 g/mol. The maximum absolute atomic E-state index is 6.45. The number of aromatic nitrogens is 2. The van der Waals surface area contributed by atoms with Crippen LogP contribution in [0.5, 0.6) is 0 Å². The highest BCUT2D eigenvalue weighted by Gasteiger charge is 2.19. The molecule has 1 aromatic carbocycles. The lowest BCUT2D eigenvalue weighted by Gasteiger charge is -2.16. The monoisotopic (exact) mass is 325 g/mol. The molecule has 114 valence electrons. The van der Waals surface area contributed by atoms with Crippen LogP contribution in [0, 0.1) is 6.92 Å². The van der Waals surface area contributed by atoms with E-state index < -0.39 is 0 Å². The summed E-state index contributed by atoms with van der Waals surface area (Å²) >= 11 is 12.6. The molecule has 1 atom stereocenters. The van der Waals surface area contributed by atoms with E-state index in [1.165, 1.54) is 0 Å². The standard InChI is InChI=1S/C16H21Cl2N3/c1-4-14-16(18)15(21(5-2)20-14)9-13(19)11-7-6-8-12(17)10(11)3/h6-8,13H,4-5,9,19H2,1-3H3. The smallest absolute Gasteiger partial charge is 0.0850 e. The van der Waals surface area contributed by atoms with Crippen molar-refractivity contribution in [3.63, 3.8) is 0 Å². The van der Waals surface area contributed by atoms with Crippen LogP contribution in [-0.4, -0.2) is 9.78 Å². The van der Waals surface area contributed by atoms with Gasteiger partial charge >= 0.3 is 0 Å². The third-order valence-electron chi connectivity index (χ3n) is 3.82. The minimum atomic E-state index is -0.145. The van der Waals surface area contributed by atoms with Crippen LogP contribution in [-0.2, 0) is 19.4 Å². The number of benzene rings is 1. The molecule has 0 aliphatic heterocycles. The normalized spacial score (nSPS) is 12.7. The fourth-order valence-electron chi connectivity index (χ4n) is 2.56. The van der Waals surface area contributed by atoms with E-state index >= 15 is 0 Å². The Hall–Kier alpha value is -1.03. The Balaban J connectivity index is 2.33. The second-order valence-corrected chi connectivity index (χ2v) is 5.93. The highest BCUT2D eigenvalue weighted by molar-refractivity contribution is 6.32. The molecule has 5 heteroatoms. The summed E-state index contributed by atoms with van der Waals surface area (Å²) in [5.41, 5.74) is 10.4. The number of hydrogen-bond donors (Lipinski definition) is 1. The lowest BCUT2D eigenvalue weighted by Crippen LogP contribution is -2.17. The first-order valence-electron chi connectivity index (χ1n) is 7.24. The molecule has 0 fully saturated rings. The fraction of sp³-hybridized carbons (Fsp3) is 0.438. The summed E-state index contributed by atoms with van der Waals surface area (Å²) in [4.78, 5) is 0. The second-order valence-electron chi connectivity index (χ2n) is 5.14. The Morgan fingerprint density at radius 2 is 2.00 bits per heavy atom. The summed E-state index contributed by atoms with van der Waals surface area (Å²) in [6.07, 6.45) is 1.48. The third-order valence-corrected chi connectivity index (χ3v) is 4.66. The summed E-state index contributed by atoms with van der Waals surface area (Å²) in [5, 5.41) is 6.02. The van der Waals surface area contributed by atoms with Gasteiger partial charge in [-0.3, -0.25) is 4.68 Å². The number of rotatable bonds is 5. The highest BCUT2D eigenvalue weighted by atomic mass is 35.5. The molecule has 0 radical (unpaired) electrons. The molecule has 0 aliphatic carbocycles. The Morgan fingerprint density at radius 3 is 2.62 bits per heavy atom. The van der Waals surface area contributed by atoms with Gasteiger partial charge in [-0.05, 0) is 37.5 Å². The van der Waals surface area contributed by atoms with Gasteiger partial charge in [0.2, 0.25) is 0 Å². The maximum atomic E-state index is 6.45. The molecule has 0 spiro atoms. The summed E-state index contributed by atoms with van der Waals surface area (Å²) < 4.78 is 1.95. The molecule has 0 aliphatic rings. The molecule has 0 amide bonds. The summed E-state index contributed by atoms with van der Waals surface area (Å²) in [5.74, 6) is 0. The Labute approximate surface area is 136 Å². The van der Waals surface area contributed by atoms with Crippen molar-refractivity contribution in [1.82, 2.24) is 9.78 Å². The van der Waals surface area contributed by atoms with Crippen molar-refractivity contribution in [3.8, 4) is 0 Å². The molecule has 21 heavy (non-hydrogen) atoms. The highest BCUT2D eigenvalue weighted by Crippen LogP contribution is 2.29. The van der Waals surface area contributed by atoms with Crippen molar-refractivity contribution in [1.29, 1.82) is 0 Å².